The molecule has 8 heteroatoms. The number of rotatable bonds is 5. The Morgan fingerprint density at radius 1 is 1.17 bits per heavy atom. The van der Waals surface area contributed by atoms with Gasteiger partial charge in [0.1, 0.15) is 11.5 Å². The maximum absolute atomic E-state index is 12.9. The molecule has 2 N–H and O–H groups in total. The number of carbonyl (C=O) groups excluding carboxylic acids is 2. The third kappa shape index (κ3) is 4.44. The molecule has 3 fully saturated rings. The van der Waals surface area contributed by atoms with Crippen LogP contribution in [0, 0.1) is 5.92 Å². The molecule has 1 aromatic carbocycles. The predicted molar refractivity (Wildman–Crippen MR) is 123 cm³/mol. The fourth-order valence-corrected chi connectivity index (χ4v) is 5.47. The Kier molecular flexibility index (Phi) is 5.97. The molecule has 3 aliphatic heterocycles. The highest BCUT2D eigenvalue weighted by atomic mass is 127. The monoisotopic (exact) mass is 520 g/mol. The first-order valence-corrected chi connectivity index (χ1v) is 11.2. The average molecular weight is 520 g/mol. The molecule has 2 aromatic rings. The first-order valence-electron chi connectivity index (χ1n) is 10.1. The normalized spacial score (nSPS) is 27.4. The largest absolute Gasteiger partial charge is 0.456 e. The van der Waals surface area contributed by atoms with Crippen molar-refractivity contribution in [2.24, 2.45) is 5.92 Å². The third-order valence-corrected chi connectivity index (χ3v) is 7.22. The SMILES string of the molecule is CC(=O)Nc1cncc(Oc2ccc(C(=O)N[C@@H]3C4CCN(CC4)[C@@]3(C)I)cc2)c1. The first-order chi connectivity index (χ1) is 14.3. The van der Waals surface area contributed by atoms with E-state index in [0.29, 0.717) is 28.7 Å². The van der Waals surface area contributed by atoms with E-state index in [1.807, 2.05) is 0 Å². The van der Waals surface area contributed by atoms with Gasteiger partial charge in [0.2, 0.25) is 5.91 Å². The molecule has 0 radical (unpaired) electrons. The van der Waals surface area contributed by atoms with Crippen molar-refractivity contribution in [2.45, 2.75) is 36.3 Å². The Morgan fingerprint density at radius 2 is 1.87 bits per heavy atom. The van der Waals surface area contributed by atoms with Crippen molar-refractivity contribution in [3.05, 3.63) is 48.3 Å². The summed E-state index contributed by atoms with van der Waals surface area (Å²) in [6.07, 6.45) is 5.40. The van der Waals surface area contributed by atoms with Crippen LogP contribution in [-0.2, 0) is 4.79 Å². The number of piperidine rings is 3. The van der Waals surface area contributed by atoms with E-state index in [1.165, 1.54) is 6.92 Å². The third-order valence-electron chi connectivity index (χ3n) is 5.87. The molecule has 3 saturated heterocycles. The van der Waals surface area contributed by atoms with Crippen LogP contribution in [0.25, 0.3) is 0 Å². The van der Waals surface area contributed by atoms with E-state index in [2.05, 4.69) is 50.0 Å². The minimum Gasteiger partial charge on any atom is -0.456 e. The maximum Gasteiger partial charge on any atom is 0.251 e. The number of aromatic nitrogens is 1. The number of nitrogens with zero attached hydrogens (tertiary/aromatic N) is 2. The van der Waals surface area contributed by atoms with Gasteiger partial charge in [-0.3, -0.25) is 19.5 Å². The number of amides is 2. The lowest BCUT2D eigenvalue weighted by Gasteiger charge is -2.55. The molecule has 158 valence electrons. The molecule has 2 atom stereocenters. The number of pyridine rings is 1. The summed E-state index contributed by atoms with van der Waals surface area (Å²) in [4.78, 5) is 30.6. The van der Waals surface area contributed by atoms with Gasteiger partial charge in [-0.1, -0.05) is 22.6 Å². The van der Waals surface area contributed by atoms with Gasteiger partial charge in [-0.15, -0.1) is 0 Å². The second kappa shape index (κ2) is 8.50. The first kappa shape index (κ1) is 21.0. The number of nitrogens with one attached hydrogen (secondary N) is 2. The molecule has 4 heterocycles. The van der Waals surface area contributed by atoms with Crippen molar-refractivity contribution in [1.82, 2.24) is 15.2 Å². The number of ether oxygens (including phenoxy) is 1. The van der Waals surface area contributed by atoms with Crippen molar-refractivity contribution in [3.63, 3.8) is 0 Å². The van der Waals surface area contributed by atoms with Crippen molar-refractivity contribution < 1.29 is 14.3 Å². The van der Waals surface area contributed by atoms with Crippen molar-refractivity contribution >= 4 is 40.1 Å². The van der Waals surface area contributed by atoms with Crippen LogP contribution < -0.4 is 15.4 Å². The second-order valence-electron chi connectivity index (χ2n) is 8.02. The zero-order chi connectivity index (χ0) is 21.3. The number of halogens is 1. The summed E-state index contributed by atoms with van der Waals surface area (Å²) in [6.45, 7) is 5.87. The van der Waals surface area contributed by atoms with Crippen LogP contribution >= 0.6 is 22.6 Å². The van der Waals surface area contributed by atoms with Crippen LogP contribution in [0.3, 0.4) is 0 Å². The van der Waals surface area contributed by atoms with Crippen LogP contribution in [-0.4, -0.2) is 44.4 Å². The van der Waals surface area contributed by atoms with E-state index in [9.17, 15) is 9.59 Å². The topological polar surface area (TPSA) is 83.6 Å². The standard InChI is InChI=1S/C22H25IN4O3/c1-14(28)25-17-11-19(13-24-12-17)30-18-5-3-16(4-6-18)21(29)26-20-15-7-9-27(10-8-15)22(20,2)23/h3-6,11-13,15,20H,7-10H2,1-2H3,(H,25,28)(H,26,29)/t20-,22-/m1/s1. The fourth-order valence-electron chi connectivity index (χ4n) is 4.33. The number of anilines is 1. The van der Waals surface area contributed by atoms with E-state index in [4.69, 9.17) is 4.74 Å². The average Bonchev–Trinajstić information content (AvgIpc) is 2.71. The van der Waals surface area contributed by atoms with Gasteiger partial charge in [0, 0.05) is 18.6 Å². The van der Waals surface area contributed by atoms with E-state index in [1.54, 1.807) is 42.7 Å². The second-order valence-corrected chi connectivity index (χ2v) is 10.2. The zero-order valence-corrected chi connectivity index (χ0v) is 19.2. The molecule has 0 spiro atoms. The van der Waals surface area contributed by atoms with Gasteiger partial charge < -0.3 is 15.4 Å². The molecule has 5 rings (SSSR count). The summed E-state index contributed by atoms with van der Waals surface area (Å²) in [5.41, 5.74) is 1.17. The lowest BCUT2D eigenvalue weighted by molar-refractivity contribution is -0.114. The fraction of sp³-hybridized carbons (Fsp3) is 0.409. The van der Waals surface area contributed by atoms with Gasteiger partial charge in [0.15, 0.2) is 0 Å². The number of hydrogen-bond donors (Lipinski definition) is 2. The number of hydrogen-bond acceptors (Lipinski definition) is 5. The predicted octanol–water partition coefficient (Wildman–Crippen LogP) is 3.81. The molecule has 1 aromatic heterocycles. The number of alkyl halides is 1. The zero-order valence-electron chi connectivity index (χ0n) is 17.0. The highest BCUT2D eigenvalue weighted by Crippen LogP contribution is 2.43. The molecule has 2 amide bonds. The van der Waals surface area contributed by atoms with Gasteiger partial charge in [-0.2, -0.15) is 0 Å². The van der Waals surface area contributed by atoms with Crippen LogP contribution in [0.15, 0.2) is 42.7 Å². The van der Waals surface area contributed by atoms with E-state index in [0.717, 1.165) is 25.9 Å². The summed E-state index contributed by atoms with van der Waals surface area (Å²) >= 11 is 2.48. The molecular weight excluding hydrogens is 495 g/mol. The Bertz CT molecular complexity index is 940. The van der Waals surface area contributed by atoms with Crippen LogP contribution in [0.5, 0.6) is 11.5 Å². The van der Waals surface area contributed by atoms with Gasteiger partial charge in [0.25, 0.3) is 5.91 Å². The molecular formula is C22H25IN4O3. The molecule has 2 bridgehead atoms. The van der Waals surface area contributed by atoms with Crippen LogP contribution in [0.1, 0.15) is 37.0 Å². The van der Waals surface area contributed by atoms with Crippen molar-refractivity contribution in [1.29, 1.82) is 0 Å². The number of fused-ring (bicyclic) bond motifs is 3. The Balaban J connectivity index is 1.41. The van der Waals surface area contributed by atoms with E-state index < -0.39 is 0 Å². The number of carbonyl (C=O) groups is 2. The lowest BCUT2D eigenvalue weighted by Crippen LogP contribution is -2.67. The Hall–Kier alpha value is -2.20. The van der Waals surface area contributed by atoms with E-state index in [-0.39, 0.29) is 21.4 Å². The highest BCUT2D eigenvalue weighted by Gasteiger charge is 2.49. The lowest BCUT2D eigenvalue weighted by atomic mass is 9.79. The Labute approximate surface area is 189 Å². The smallest absolute Gasteiger partial charge is 0.251 e. The highest BCUT2D eigenvalue weighted by molar-refractivity contribution is 14.1. The van der Waals surface area contributed by atoms with Crippen LogP contribution in [0.2, 0.25) is 0 Å². The molecule has 0 aliphatic carbocycles. The molecule has 0 unspecified atom stereocenters. The van der Waals surface area contributed by atoms with E-state index >= 15 is 0 Å². The summed E-state index contributed by atoms with van der Waals surface area (Å²) in [5, 5.41) is 5.95. The minimum atomic E-state index is -0.171. The molecule has 0 saturated carbocycles. The summed E-state index contributed by atoms with van der Waals surface area (Å²) < 4.78 is 5.75. The van der Waals surface area contributed by atoms with Gasteiger partial charge in [0.05, 0.1) is 27.7 Å². The van der Waals surface area contributed by atoms with Crippen molar-refractivity contribution in [3.8, 4) is 11.5 Å². The molecule has 7 nitrogen and oxygen atoms in total. The quantitative estimate of drug-likeness (QED) is 0.356. The maximum atomic E-state index is 12.9. The van der Waals surface area contributed by atoms with Gasteiger partial charge in [-0.25, -0.2) is 0 Å². The summed E-state index contributed by atoms with van der Waals surface area (Å²) in [5.74, 6) is 1.40. The van der Waals surface area contributed by atoms with Gasteiger partial charge in [-0.05, 0) is 63.0 Å². The van der Waals surface area contributed by atoms with Crippen molar-refractivity contribution in [2.75, 3.05) is 18.4 Å². The Morgan fingerprint density at radius 3 is 2.50 bits per heavy atom. The molecule has 30 heavy (non-hydrogen) atoms. The van der Waals surface area contributed by atoms with Gasteiger partial charge >= 0.3 is 0 Å². The number of benzene rings is 1. The van der Waals surface area contributed by atoms with Crippen LogP contribution in [0.4, 0.5) is 5.69 Å². The minimum absolute atomic E-state index is 0.0520. The summed E-state index contributed by atoms with van der Waals surface area (Å²) in [7, 11) is 0. The summed E-state index contributed by atoms with van der Waals surface area (Å²) in [6, 6.07) is 8.90. The molecule has 3 aliphatic rings.